The van der Waals surface area contributed by atoms with Gasteiger partial charge in [0.1, 0.15) is 5.75 Å². The zero-order valence-corrected chi connectivity index (χ0v) is 12.0. The van der Waals surface area contributed by atoms with Crippen molar-refractivity contribution in [3.8, 4) is 11.4 Å². The number of aromatic nitrogens is 2. The molecule has 0 aliphatic rings. The largest absolute Gasteiger partial charge is 0.496 e. The number of aromatic amines is 1. The lowest BCUT2D eigenvalue weighted by molar-refractivity contribution is 0.411. The second-order valence-electron chi connectivity index (χ2n) is 4.66. The maximum absolute atomic E-state index is 5.35. The number of ether oxygens (including phenoxy) is 1. The van der Waals surface area contributed by atoms with Gasteiger partial charge >= 0.3 is 0 Å². The first-order valence-corrected chi connectivity index (χ1v) is 6.40. The van der Waals surface area contributed by atoms with E-state index in [1.807, 2.05) is 25.3 Å². The van der Waals surface area contributed by atoms with Crippen LogP contribution in [0.1, 0.15) is 31.0 Å². The SMILES string of the molecule is COc1ccc(-n2c(C(C)C)c[nH]c2=S)cc1C. The Bertz CT molecular complexity index is 610. The first kappa shape index (κ1) is 12.9. The van der Waals surface area contributed by atoms with E-state index in [1.54, 1.807) is 7.11 Å². The summed E-state index contributed by atoms with van der Waals surface area (Å²) < 4.78 is 8.08. The molecule has 18 heavy (non-hydrogen) atoms. The Morgan fingerprint density at radius 3 is 2.61 bits per heavy atom. The van der Waals surface area contributed by atoms with Gasteiger partial charge in [-0.2, -0.15) is 0 Å². The molecular weight excluding hydrogens is 244 g/mol. The Morgan fingerprint density at radius 1 is 1.33 bits per heavy atom. The van der Waals surface area contributed by atoms with Gasteiger partial charge in [0.05, 0.1) is 7.11 Å². The number of imidazole rings is 1. The predicted molar refractivity (Wildman–Crippen MR) is 76.3 cm³/mol. The predicted octanol–water partition coefficient (Wildman–Crippen LogP) is 3.98. The minimum atomic E-state index is 0.417. The number of hydrogen-bond donors (Lipinski definition) is 1. The number of nitrogens with zero attached hydrogens (tertiary/aromatic N) is 1. The number of aryl methyl sites for hydroxylation is 1. The molecule has 1 aromatic carbocycles. The molecule has 4 heteroatoms. The number of methoxy groups -OCH3 is 1. The molecule has 0 fully saturated rings. The summed E-state index contributed by atoms with van der Waals surface area (Å²) in [5, 5.41) is 0. The second-order valence-corrected chi connectivity index (χ2v) is 5.05. The molecule has 0 amide bonds. The normalized spacial score (nSPS) is 10.9. The Morgan fingerprint density at radius 2 is 2.06 bits per heavy atom. The molecule has 2 aromatic rings. The Balaban J connectivity index is 2.59. The van der Waals surface area contributed by atoms with Gasteiger partial charge in [0.25, 0.3) is 0 Å². The van der Waals surface area contributed by atoms with Gasteiger partial charge in [0.15, 0.2) is 4.77 Å². The van der Waals surface area contributed by atoms with Crippen LogP contribution in [0.3, 0.4) is 0 Å². The summed E-state index contributed by atoms with van der Waals surface area (Å²) in [4.78, 5) is 3.11. The zero-order valence-electron chi connectivity index (χ0n) is 11.2. The Kier molecular flexibility index (Phi) is 3.57. The molecule has 3 nitrogen and oxygen atoms in total. The summed E-state index contributed by atoms with van der Waals surface area (Å²) in [5.74, 6) is 1.31. The summed E-state index contributed by atoms with van der Waals surface area (Å²) in [6.07, 6.45) is 1.98. The third-order valence-corrected chi connectivity index (χ3v) is 3.33. The van der Waals surface area contributed by atoms with Crippen LogP contribution in [0.2, 0.25) is 0 Å². The van der Waals surface area contributed by atoms with Gasteiger partial charge < -0.3 is 9.72 Å². The van der Waals surface area contributed by atoms with E-state index in [-0.39, 0.29) is 0 Å². The van der Waals surface area contributed by atoms with Gasteiger partial charge in [0, 0.05) is 17.6 Å². The van der Waals surface area contributed by atoms with E-state index in [4.69, 9.17) is 17.0 Å². The molecule has 0 radical (unpaired) electrons. The van der Waals surface area contributed by atoms with Crippen LogP contribution < -0.4 is 4.74 Å². The smallest absolute Gasteiger partial charge is 0.182 e. The van der Waals surface area contributed by atoms with Crippen molar-refractivity contribution in [1.82, 2.24) is 9.55 Å². The highest BCUT2D eigenvalue weighted by Crippen LogP contribution is 2.24. The molecular formula is C14H18N2OS. The molecule has 0 atom stereocenters. The standard InChI is InChI=1S/C14H18N2OS/c1-9(2)12-8-15-14(18)16(12)11-5-6-13(17-4)10(3)7-11/h5-9H,1-4H3,(H,15,18). The van der Waals surface area contributed by atoms with Crippen molar-refractivity contribution in [1.29, 1.82) is 0 Å². The van der Waals surface area contributed by atoms with Crippen LogP contribution in [-0.4, -0.2) is 16.7 Å². The number of rotatable bonds is 3. The Labute approximate surface area is 112 Å². The van der Waals surface area contributed by atoms with E-state index in [0.717, 1.165) is 21.8 Å². The molecule has 0 aliphatic carbocycles. The number of H-pyrrole nitrogens is 1. The molecule has 1 heterocycles. The number of hydrogen-bond acceptors (Lipinski definition) is 2. The van der Waals surface area contributed by atoms with Crippen LogP contribution in [0, 0.1) is 11.7 Å². The van der Waals surface area contributed by atoms with Crippen LogP contribution in [0.15, 0.2) is 24.4 Å². The lowest BCUT2D eigenvalue weighted by Crippen LogP contribution is -2.02. The van der Waals surface area contributed by atoms with Gasteiger partial charge in [0.2, 0.25) is 0 Å². The van der Waals surface area contributed by atoms with Crippen LogP contribution >= 0.6 is 12.2 Å². The van der Waals surface area contributed by atoms with Gasteiger partial charge in [-0.1, -0.05) is 13.8 Å². The minimum absolute atomic E-state index is 0.417. The fourth-order valence-corrected chi connectivity index (χ4v) is 2.34. The van der Waals surface area contributed by atoms with Crippen LogP contribution in [0.25, 0.3) is 5.69 Å². The number of benzene rings is 1. The second kappa shape index (κ2) is 4.98. The van der Waals surface area contributed by atoms with Gasteiger partial charge in [-0.15, -0.1) is 0 Å². The third-order valence-electron chi connectivity index (χ3n) is 3.03. The first-order chi connectivity index (χ1) is 8.54. The molecule has 0 aliphatic heterocycles. The lowest BCUT2D eigenvalue weighted by atomic mass is 10.1. The summed E-state index contributed by atoms with van der Waals surface area (Å²) in [5.41, 5.74) is 3.36. The van der Waals surface area contributed by atoms with E-state index in [0.29, 0.717) is 5.92 Å². The van der Waals surface area contributed by atoms with Crippen molar-refractivity contribution in [2.45, 2.75) is 26.7 Å². The van der Waals surface area contributed by atoms with Crippen molar-refractivity contribution in [3.63, 3.8) is 0 Å². The van der Waals surface area contributed by atoms with Gasteiger partial charge in [-0.3, -0.25) is 4.57 Å². The average molecular weight is 262 g/mol. The minimum Gasteiger partial charge on any atom is -0.496 e. The molecule has 1 aromatic heterocycles. The first-order valence-electron chi connectivity index (χ1n) is 6.00. The van der Waals surface area contributed by atoms with Crippen molar-refractivity contribution in [2.24, 2.45) is 0 Å². The van der Waals surface area contributed by atoms with Crippen molar-refractivity contribution >= 4 is 12.2 Å². The highest BCUT2D eigenvalue weighted by Gasteiger charge is 2.10. The maximum atomic E-state index is 5.35. The molecule has 0 unspecified atom stereocenters. The van der Waals surface area contributed by atoms with E-state index < -0.39 is 0 Å². The molecule has 2 rings (SSSR count). The number of nitrogens with one attached hydrogen (secondary N) is 1. The summed E-state index contributed by atoms with van der Waals surface area (Å²) in [6, 6.07) is 6.10. The fraction of sp³-hybridized carbons (Fsp3) is 0.357. The third kappa shape index (κ3) is 2.20. The maximum Gasteiger partial charge on any atom is 0.182 e. The average Bonchev–Trinajstić information content (AvgIpc) is 2.71. The molecule has 0 bridgehead atoms. The topological polar surface area (TPSA) is 29.9 Å². The quantitative estimate of drug-likeness (QED) is 0.848. The van der Waals surface area contributed by atoms with Gasteiger partial charge in [-0.25, -0.2) is 0 Å². The molecule has 0 spiro atoms. The molecule has 0 saturated heterocycles. The molecule has 1 N–H and O–H groups in total. The zero-order chi connectivity index (χ0) is 13.3. The summed E-state index contributed by atoms with van der Waals surface area (Å²) in [7, 11) is 1.68. The molecule has 0 saturated carbocycles. The fourth-order valence-electron chi connectivity index (χ4n) is 2.07. The van der Waals surface area contributed by atoms with E-state index in [1.165, 1.54) is 5.69 Å². The highest BCUT2D eigenvalue weighted by molar-refractivity contribution is 7.71. The van der Waals surface area contributed by atoms with Crippen LogP contribution in [-0.2, 0) is 0 Å². The van der Waals surface area contributed by atoms with Crippen molar-refractivity contribution in [2.75, 3.05) is 7.11 Å². The summed E-state index contributed by atoms with van der Waals surface area (Å²) >= 11 is 5.35. The molecule has 96 valence electrons. The van der Waals surface area contributed by atoms with E-state index >= 15 is 0 Å². The lowest BCUT2D eigenvalue weighted by Gasteiger charge is -2.13. The van der Waals surface area contributed by atoms with Gasteiger partial charge in [-0.05, 0) is 48.8 Å². The van der Waals surface area contributed by atoms with Crippen molar-refractivity contribution < 1.29 is 4.74 Å². The van der Waals surface area contributed by atoms with E-state index in [9.17, 15) is 0 Å². The monoisotopic (exact) mass is 262 g/mol. The highest BCUT2D eigenvalue weighted by atomic mass is 32.1. The summed E-state index contributed by atoms with van der Waals surface area (Å²) in [6.45, 7) is 6.35. The van der Waals surface area contributed by atoms with Crippen molar-refractivity contribution in [3.05, 3.63) is 40.4 Å². The Hall–Kier alpha value is -1.55. The van der Waals surface area contributed by atoms with Crippen LogP contribution in [0.4, 0.5) is 0 Å². The van der Waals surface area contributed by atoms with E-state index in [2.05, 4.69) is 29.5 Å². The van der Waals surface area contributed by atoms with Crippen LogP contribution in [0.5, 0.6) is 5.75 Å².